The van der Waals surface area contributed by atoms with Crippen LogP contribution in [0, 0.1) is 13.8 Å². The predicted octanol–water partition coefficient (Wildman–Crippen LogP) is 4.50. The summed E-state index contributed by atoms with van der Waals surface area (Å²) < 4.78 is 0. The van der Waals surface area contributed by atoms with E-state index in [1.54, 1.807) is 6.20 Å². The van der Waals surface area contributed by atoms with Gasteiger partial charge in [-0.3, -0.25) is 4.98 Å². The molecule has 0 spiro atoms. The summed E-state index contributed by atoms with van der Waals surface area (Å²) in [6, 6.07) is 13.3. The van der Waals surface area contributed by atoms with Crippen LogP contribution >= 0.6 is 11.6 Å². The van der Waals surface area contributed by atoms with Gasteiger partial charge in [-0.1, -0.05) is 17.7 Å². The van der Waals surface area contributed by atoms with Crippen LogP contribution in [0.25, 0.3) is 0 Å². The monoisotopic (exact) mass is 339 g/mol. The molecule has 122 valence electrons. The highest BCUT2D eigenvalue weighted by atomic mass is 35.5. The third-order valence-corrected chi connectivity index (χ3v) is 3.90. The molecular weight excluding hydrogens is 322 g/mol. The van der Waals surface area contributed by atoms with Crippen molar-refractivity contribution in [2.75, 3.05) is 10.6 Å². The van der Waals surface area contributed by atoms with E-state index in [9.17, 15) is 0 Å². The van der Waals surface area contributed by atoms with Gasteiger partial charge in [-0.2, -0.15) is 4.98 Å². The minimum Gasteiger partial charge on any atom is -0.349 e. The summed E-state index contributed by atoms with van der Waals surface area (Å²) in [5.74, 6) is 1.34. The molecule has 6 heteroatoms. The van der Waals surface area contributed by atoms with Gasteiger partial charge in [0.05, 0.1) is 12.2 Å². The summed E-state index contributed by atoms with van der Waals surface area (Å²) >= 11 is 5.93. The molecular formula is C18H18ClN5. The minimum atomic E-state index is 0.570. The number of aryl methyl sites for hydroxylation is 1. The number of hydrogen-bond acceptors (Lipinski definition) is 5. The molecule has 0 amide bonds. The van der Waals surface area contributed by atoms with Gasteiger partial charge in [-0.15, -0.1) is 0 Å². The number of benzene rings is 1. The van der Waals surface area contributed by atoms with E-state index in [1.165, 1.54) is 0 Å². The lowest BCUT2D eigenvalue weighted by atomic mass is 10.2. The van der Waals surface area contributed by atoms with Crippen molar-refractivity contribution >= 4 is 29.1 Å². The summed E-state index contributed by atoms with van der Waals surface area (Å²) in [5, 5.41) is 7.23. The number of rotatable bonds is 5. The Hall–Kier alpha value is -2.66. The Morgan fingerprint density at radius 1 is 1.00 bits per heavy atom. The summed E-state index contributed by atoms with van der Waals surface area (Å²) in [7, 11) is 0. The number of aromatic nitrogens is 3. The molecule has 24 heavy (non-hydrogen) atoms. The lowest BCUT2D eigenvalue weighted by molar-refractivity contribution is 0.982. The van der Waals surface area contributed by atoms with Crippen molar-refractivity contribution in [2.24, 2.45) is 0 Å². The van der Waals surface area contributed by atoms with E-state index >= 15 is 0 Å². The Balaban J connectivity index is 1.79. The largest absolute Gasteiger partial charge is 0.349 e. The molecule has 3 rings (SSSR count). The lowest BCUT2D eigenvalue weighted by Crippen LogP contribution is -2.09. The second kappa shape index (κ2) is 7.27. The Labute approximate surface area is 146 Å². The average Bonchev–Trinajstić information content (AvgIpc) is 2.60. The van der Waals surface area contributed by atoms with E-state index in [4.69, 9.17) is 11.6 Å². The van der Waals surface area contributed by atoms with E-state index in [0.717, 1.165) is 28.5 Å². The standard InChI is InChI=1S/C18H18ClN5/c1-12-13(2)22-18(21-11-16-5-3-4-10-20-16)24-17(12)23-15-8-6-14(19)7-9-15/h3-10H,11H2,1-2H3,(H2,21,22,23,24). The van der Waals surface area contributed by atoms with E-state index in [-0.39, 0.29) is 0 Å². The highest BCUT2D eigenvalue weighted by Crippen LogP contribution is 2.23. The molecule has 3 aromatic rings. The van der Waals surface area contributed by atoms with Crippen LogP contribution in [-0.4, -0.2) is 15.0 Å². The number of nitrogens with one attached hydrogen (secondary N) is 2. The van der Waals surface area contributed by atoms with E-state index in [1.807, 2.05) is 56.3 Å². The fourth-order valence-corrected chi connectivity index (χ4v) is 2.30. The molecule has 2 heterocycles. The summed E-state index contributed by atoms with van der Waals surface area (Å²) in [6.07, 6.45) is 1.77. The highest BCUT2D eigenvalue weighted by Gasteiger charge is 2.08. The second-order valence-electron chi connectivity index (χ2n) is 5.41. The normalized spacial score (nSPS) is 10.5. The average molecular weight is 340 g/mol. The topological polar surface area (TPSA) is 62.7 Å². The van der Waals surface area contributed by atoms with Crippen LogP contribution in [0.4, 0.5) is 17.5 Å². The van der Waals surface area contributed by atoms with Crippen molar-refractivity contribution < 1.29 is 0 Å². The van der Waals surface area contributed by atoms with E-state index in [2.05, 4.69) is 25.6 Å². The summed E-state index contributed by atoms with van der Waals surface area (Å²) in [6.45, 7) is 4.54. The maximum atomic E-state index is 5.93. The third kappa shape index (κ3) is 4.00. The first-order chi connectivity index (χ1) is 11.6. The molecule has 0 aliphatic rings. The van der Waals surface area contributed by atoms with Gasteiger partial charge in [0.25, 0.3) is 0 Å². The quantitative estimate of drug-likeness (QED) is 0.716. The van der Waals surface area contributed by atoms with Crippen molar-refractivity contribution in [3.8, 4) is 0 Å². The third-order valence-electron chi connectivity index (χ3n) is 3.65. The molecule has 0 radical (unpaired) electrons. The maximum Gasteiger partial charge on any atom is 0.225 e. The van der Waals surface area contributed by atoms with Gasteiger partial charge < -0.3 is 10.6 Å². The Bertz CT molecular complexity index is 819. The van der Waals surface area contributed by atoms with E-state index in [0.29, 0.717) is 17.5 Å². The first-order valence-electron chi connectivity index (χ1n) is 7.63. The van der Waals surface area contributed by atoms with Gasteiger partial charge in [0.1, 0.15) is 5.82 Å². The molecule has 0 unspecified atom stereocenters. The van der Waals surface area contributed by atoms with Crippen molar-refractivity contribution in [2.45, 2.75) is 20.4 Å². The Morgan fingerprint density at radius 2 is 1.79 bits per heavy atom. The van der Waals surface area contributed by atoms with Gasteiger partial charge in [0, 0.05) is 28.2 Å². The van der Waals surface area contributed by atoms with Crippen LogP contribution in [0.2, 0.25) is 5.02 Å². The van der Waals surface area contributed by atoms with Crippen LogP contribution in [0.15, 0.2) is 48.7 Å². The van der Waals surface area contributed by atoms with Crippen LogP contribution in [0.5, 0.6) is 0 Å². The predicted molar refractivity (Wildman–Crippen MR) is 97.8 cm³/mol. The molecule has 0 aliphatic heterocycles. The molecule has 2 N–H and O–H groups in total. The molecule has 1 aromatic carbocycles. The number of nitrogens with zero attached hydrogens (tertiary/aromatic N) is 3. The Kier molecular flexibility index (Phi) is 4.91. The lowest BCUT2D eigenvalue weighted by Gasteiger charge is -2.13. The van der Waals surface area contributed by atoms with Gasteiger partial charge in [-0.05, 0) is 50.2 Å². The molecule has 0 saturated carbocycles. The molecule has 0 fully saturated rings. The number of halogens is 1. The number of anilines is 3. The molecule has 5 nitrogen and oxygen atoms in total. The van der Waals surface area contributed by atoms with Crippen LogP contribution < -0.4 is 10.6 Å². The first kappa shape index (κ1) is 16.2. The van der Waals surface area contributed by atoms with Crippen molar-refractivity contribution in [3.63, 3.8) is 0 Å². The first-order valence-corrected chi connectivity index (χ1v) is 8.01. The van der Waals surface area contributed by atoms with Crippen LogP contribution in [0.3, 0.4) is 0 Å². The fraction of sp³-hybridized carbons (Fsp3) is 0.167. The van der Waals surface area contributed by atoms with Crippen molar-refractivity contribution in [1.29, 1.82) is 0 Å². The van der Waals surface area contributed by atoms with Crippen molar-refractivity contribution in [3.05, 3.63) is 70.6 Å². The minimum absolute atomic E-state index is 0.570. The SMILES string of the molecule is Cc1nc(NCc2ccccn2)nc(Nc2ccc(Cl)cc2)c1C. The molecule has 0 saturated heterocycles. The Morgan fingerprint density at radius 3 is 2.50 bits per heavy atom. The summed E-state index contributed by atoms with van der Waals surface area (Å²) in [5.41, 5.74) is 3.79. The number of hydrogen-bond donors (Lipinski definition) is 2. The van der Waals surface area contributed by atoms with E-state index < -0.39 is 0 Å². The maximum absolute atomic E-state index is 5.93. The molecule has 0 bridgehead atoms. The zero-order chi connectivity index (χ0) is 16.9. The zero-order valence-electron chi connectivity index (χ0n) is 13.5. The van der Waals surface area contributed by atoms with Crippen LogP contribution in [-0.2, 0) is 6.54 Å². The van der Waals surface area contributed by atoms with Gasteiger partial charge in [-0.25, -0.2) is 4.98 Å². The van der Waals surface area contributed by atoms with Gasteiger partial charge in [0.15, 0.2) is 0 Å². The molecule has 2 aromatic heterocycles. The van der Waals surface area contributed by atoms with Gasteiger partial charge in [0.2, 0.25) is 5.95 Å². The fourth-order valence-electron chi connectivity index (χ4n) is 2.17. The second-order valence-corrected chi connectivity index (χ2v) is 5.85. The highest BCUT2D eigenvalue weighted by molar-refractivity contribution is 6.30. The summed E-state index contributed by atoms with van der Waals surface area (Å²) in [4.78, 5) is 13.4. The smallest absolute Gasteiger partial charge is 0.225 e. The van der Waals surface area contributed by atoms with Gasteiger partial charge >= 0.3 is 0 Å². The molecule has 0 aliphatic carbocycles. The molecule has 0 atom stereocenters. The number of pyridine rings is 1. The van der Waals surface area contributed by atoms with Crippen LogP contribution in [0.1, 0.15) is 17.0 Å². The zero-order valence-corrected chi connectivity index (χ0v) is 14.3. The van der Waals surface area contributed by atoms with Crippen molar-refractivity contribution in [1.82, 2.24) is 15.0 Å².